The zero-order chi connectivity index (χ0) is 20.8. The lowest BCUT2D eigenvalue weighted by atomic mass is 10.0. The van der Waals surface area contributed by atoms with Gasteiger partial charge >= 0.3 is 0 Å². The molecule has 0 heterocycles. The number of aliphatic hydroxyl groups is 2. The van der Waals surface area contributed by atoms with Gasteiger partial charge in [0.2, 0.25) is 0 Å². The van der Waals surface area contributed by atoms with Crippen LogP contribution in [0, 0.1) is 0 Å². The summed E-state index contributed by atoms with van der Waals surface area (Å²) in [5.41, 5.74) is 5.15. The fourth-order valence-corrected chi connectivity index (χ4v) is 5.94. The van der Waals surface area contributed by atoms with Crippen molar-refractivity contribution in [3.63, 3.8) is 0 Å². The van der Waals surface area contributed by atoms with Crippen LogP contribution in [0.1, 0.15) is 28.4 Å². The van der Waals surface area contributed by atoms with Crippen molar-refractivity contribution in [2.24, 2.45) is 0 Å². The fourth-order valence-electron chi connectivity index (χ4n) is 3.58. The van der Waals surface area contributed by atoms with Gasteiger partial charge in [-0.3, -0.25) is 0 Å². The number of benzene rings is 4. The predicted molar refractivity (Wildman–Crippen MR) is 125 cm³/mol. The first kappa shape index (κ1) is 20.5. The smallest absolute Gasteiger partial charge is 0.101 e. The Morgan fingerprint density at radius 2 is 0.900 bits per heavy atom. The van der Waals surface area contributed by atoms with Gasteiger partial charge in [0.1, 0.15) is 11.7 Å². The fraction of sp³-hybridized carbons (Fsp3) is 0.111. The lowest BCUT2D eigenvalue weighted by Gasteiger charge is -2.29. The Bertz CT molecular complexity index is 989. The summed E-state index contributed by atoms with van der Waals surface area (Å²) in [6.07, 6.45) is 0.635. The molecule has 4 aromatic carbocycles. The molecule has 0 amide bonds. The normalized spacial score (nSPS) is 14.1. The first-order valence-corrected chi connectivity index (χ1v) is 11.7. The van der Waals surface area contributed by atoms with Gasteiger partial charge in [0.15, 0.2) is 0 Å². The lowest BCUT2D eigenvalue weighted by Crippen LogP contribution is -2.06. The van der Waals surface area contributed by atoms with Gasteiger partial charge in [0.25, 0.3) is 0 Å². The van der Waals surface area contributed by atoms with E-state index in [-0.39, 0.29) is 0 Å². The molecule has 4 aromatic rings. The monoisotopic (exact) mass is 412 g/mol. The van der Waals surface area contributed by atoms with E-state index in [1.54, 1.807) is 0 Å². The maximum Gasteiger partial charge on any atom is 0.101 e. The van der Waals surface area contributed by atoms with Crippen LogP contribution in [0.2, 0.25) is 0 Å². The zero-order valence-electron chi connectivity index (χ0n) is 16.7. The number of rotatable bonds is 7. The van der Waals surface area contributed by atoms with Gasteiger partial charge in [-0.25, -0.2) is 0 Å². The van der Waals surface area contributed by atoms with Gasteiger partial charge in [0, 0.05) is 0 Å². The maximum atomic E-state index is 11.2. The standard InChI is InChI=1S/C27H25O2P/c28-26(24-12-6-2-7-13-24)30(27(29)25-14-8-3-9-15-25)20-21-16-18-23(19-17-21)22-10-4-1-5-11-22/h1-19,26-29H,20H2. The van der Waals surface area contributed by atoms with E-state index in [4.69, 9.17) is 0 Å². The topological polar surface area (TPSA) is 40.5 Å². The summed E-state index contributed by atoms with van der Waals surface area (Å²) in [6.45, 7) is 0. The second-order valence-corrected chi connectivity index (χ2v) is 9.63. The molecule has 0 aromatic heterocycles. The third kappa shape index (κ3) is 4.86. The van der Waals surface area contributed by atoms with Crippen molar-refractivity contribution in [1.82, 2.24) is 0 Å². The van der Waals surface area contributed by atoms with Crippen LogP contribution in [0.5, 0.6) is 0 Å². The Morgan fingerprint density at radius 1 is 0.500 bits per heavy atom. The maximum absolute atomic E-state index is 11.2. The summed E-state index contributed by atoms with van der Waals surface area (Å²) in [6, 6.07) is 38.0. The Kier molecular flexibility index (Phi) is 6.71. The van der Waals surface area contributed by atoms with Crippen LogP contribution >= 0.6 is 7.92 Å². The van der Waals surface area contributed by atoms with E-state index in [2.05, 4.69) is 36.4 Å². The summed E-state index contributed by atoms with van der Waals surface area (Å²) < 4.78 is 0. The molecule has 0 aliphatic rings. The quantitative estimate of drug-likeness (QED) is 0.331. The molecule has 0 bridgehead atoms. The average molecular weight is 412 g/mol. The molecule has 3 heteroatoms. The minimum Gasteiger partial charge on any atom is -0.384 e. The van der Waals surface area contributed by atoms with E-state index in [9.17, 15) is 10.2 Å². The molecule has 0 saturated carbocycles. The molecule has 0 aliphatic carbocycles. The summed E-state index contributed by atoms with van der Waals surface area (Å²) >= 11 is 0. The van der Waals surface area contributed by atoms with Crippen molar-refractivity contribution < 1.29 is 10.2 Å². The highest BCUT2D eigenvalue weighted by Crippen LogP contribution is 2.61. The van der Waals surface area contributed by atoms with Gasteiger partial charge < -0.3 is 10.2 Å². The Labute approximate surface area is 179 Å². The van der Waals surface area contributed by atoms with Gasteiger partial charge in [-0.15, -0.1) is 0 Å². The van der Waals surface area contributed by atoms with Crippen LogP contribution in [0.3, 0.4) is 0 Å². The van der Waals surface area contributed by atoms with E-state index < -0.39 is 19.6 Å². The number of hydrogen-bond donors (Lipinski definition) is 2. The van der Waals surface area contributed by atoms with Gasteiger partial charge in [-0.1, -0.05) is 115 Å². The van der Waals surface area contributed by atoms with Gasteiger partial charge in [-0.2, -0.15) is 0 Å². The minimum atomic E-state index is -1.16. The van der Waals surface area contributed by atoms with E-state index in [0.29, 0.717) is 6.16 Å². The minimum absolute atomic E-state index is 0.635. The van der Waals surface area contributed by atoms with Crippen LogP contribution in [-0.2, 0) is 6.16 Å². The highest BCUT2D eigenvalue weighted by Gasteiger charge is 2.29. The van der Waals surface area contributed by atoms with Gasteiger partial charge in [-0.05, 0) is 41.9 Å². The average Bonchev–Trinajstić information content (AvgIpc) is 2.84. The van der Waals surface area contributed by atoms with Gasteiger partial charge in [0.05, 0.1) is 0 Å². The summed E-state index contributed by atoms with van der Waals surface area (Å²) in [5, 5.41) is 22.3. The third-order valence-electron chi connectivity index (χ3n) is 5.25. The van der Waals surface area contributed by atoms with Crippen molar-refractivity contribution in [2.75, 3.05) is 0 Å². The van der Waals surface area contributed by atoms with E-state index in [1.165, 1.54) is 5.56 Å². The second-order valence-electron chi connectivity index (χ2n) is 7.30. The first-order valence-electron chi connectivity index (χ1n) is 10.1. The molecule has 0 aliphatic heterocycles. The largest absolute Gasteiger partial charge is 0.384 e. The number of aliphatic hydroxyl groups excluding tert-OH is 2. The summed E-state index contributed by atoms with van der Waals surface area (Å²) in [7, 11) is -1.16. The van der Waals surface area contributed by atoms with Crippen molar-refractivity contribution >= 4 is 7.92 Å². The van der Waals surface area contributed by atoms with E-state index in [1.807, 2.05) is 78.9 Å². The van der Waals surface area contributed by atoms with E-state index in [0.717, 1.165) is 22.3 Å². The van der Waals surface area contributed by atoms with Crippen LogP contribution in [-0.4, -0.2) is 10.2 Å². The number of hydrogen-bond acceptors (Lipinski definition) is 2. The molecule has 2 unspecified atom stereocenters. The van der Waals surface area contributed by atoms with Crippen molar-refractivity contribution in [1.29, 1.82) is 0 Å². The highest BCUT2D eigenvalue weighted by atomic mass is 31.1. The molecule has 2 nitrogen and oxygen atoms in total. The molecule has 2 atom stereocenters. The molecule has 0 radical (unpaired) electrons. The van der Waals surface area contributed by atoms with Crippen LogP contribution in [0.4, 0.5) is 0 Å². The van der Waals surface area contributed by atoms with Crippen molar-refractivity contribution in [2.45, 2.75) is 17.9 Å². The Hall–Kier alpha value is -2.77. The second kappa shape index (κ2) is 9.82. The molecule has 0 saturated heterocycles. The van der Waals surface area contributed by atoms with Crippen molar-refractivity contribution in [3.05, 3.63) is 132 Å². The summed E-state index contributed by atoms with van der Waals surface area (Å²) in [4.78, 5) is 0. The molecular weight excluding hydrogens is 387 g/mol. The lowest BCUT2D eigenvalue weighted by molar-refractivity contribution is 0.228. The molecular formula is C27H25O2P. The molecule has 2 N–H and O–H groups in total. The zero-order valence-corrected chi connectivity index (χ0v) is 17.6. The highest BCUT2D eigenvalue weighted by molar-refractivity contribution is 7.57. The van der Waals surface area contributed by atoms with Crippen molar-refractivity contribution in [3.8, 4) is 11.1 Å². The van der Waals surface area contributed by atoms with Crippen LogP contribution in [0.25, 0.3) is 11.1 Å². The molecule has 4 rings (SSSR count). The molecule has 0 fully saturated rings. The Balaban J connectivity index is 1.61. The Morgan fingerprint density at radius 3 is 1.37 bits per heavy atom. The molecule has 0 spiro atoms. The molecule has 30 heavy (non-hydrogen) atoms. The first-order chi connectivity index (χ1) is 14.7. The molecule has 150 valence electrons. The predicted octanol–water partition coefficient (Wildman–Crippen LogP) is 6.72. The van der Waals surface area contributed by atoms with E-state index >= 15 is 0 Å². The summed E-state index contributed by atoms with van der Waals surface area (Å²) in [5.74, 6) is -1.41. The SMILES string of the molecule is OC(c1ccccc1)P(Cc1ccc(-c2ccccc2)cc1)C(O)c1ccccc1. The van der Waals surface area contributed by atoms with Crippen LogP contribution < -0.4 is 0 Å². The third-order valence-corrected chi connectivity index (χ3v) is 7.83. The van der Waals surface area contributed by atoms with Crippen LogP contribution in [0.15, 0.2) is 115 Å².